The maximum absolute atomic E-state index is 6.22. The van der Waals surface area contributed by atoms with E-state index in [1.165, 1.54) is 11.1 Å². The normalized spacial score (nSPS) is 12.4. The zero-order valence-electron chi connectivity index (χ0n) is 10.2. The molecule has 0 bridgehead atoms. The van der Waals surface area contributed by atoms with Gasteiger partial charge in [-0.3, -0.25) is 0 Å². The molecule has 1 atom stereocenters. The molecule has 2 aromatic carbocycles. The Bertz CT molecular complexity index is 537. The standard InChI is InChI=1S/C15H15BrClN/c1-10-2-4-11(5-3-10)8-15(18)13-7-6-12(16)9-14(13)17/h2-7,9,15H,8,18H2,1H3. The molecular weight excluding hydrogens is 310 g/mol. The van der Waals surface area contributed by atoms with Crippen LogP contribution in [0.5, 0.6) is 0 Å². The molecule has 0 fully saturated rings. The highest BCUT2D eigenvalue weighted by molar-refractivity contribution is 9.10. The first-order chi connectivity index (χ1) is 8.56. The predicted molar refractivity (Wildman–Crippen MR) is 81.0 cm³/mol. The molecule has 0 aliphatic carbocycles. The highest BCUT2D eigenvalue weighted by Crippen LogP contribution is 2.27. The summed E-state index contributed by atoms with van der Waals surface area (Å²) in [5.74, 6) is 0. The Morgan fingerprint density at radius 2 is 1.83 bits per heavy atom. The van der Waals surface area contributed by atoms with Crippen LogP contribution < -0.4 is 5.73 Å². The Hall–Kier alpha value is -0.830. The summed E-state index contributed by atoms with van der Waals surface area (Å²) in [5, 5.41) is 0.712. The number of nitrogens with two attached hydrogens (primary N) is 1. The number of hydrogen-bond acceptors (Lipinski definition) is 1. The lowest BCUT2D eigenvalue weighted by molar-refractivity contribution is 0.722. The SMILES string of the molecule is Cc1ccc(CC(N)c2ccc(Br)cc2Cl)cc1. The highest BCUT2D eigenvalue weighted by Gasteiger charge is 2.11. The van der Waals surface area contributed by atoms with E-state index >= 15 is 0 Å². The minimum Gasteiger partial charge on any atom is -0.324 e. The molecular formula is C15H15BrClN. The predicted octanol–water partition coefficient (Wildman–Crippen LogP) is 4.65. The van der Waals surface area contributed by atoms with E-state index in [1.807, 2.05) is 18.2 Å². The Balaban J connectivity index is 2.16. The van der Waals surface area contributed by atoms with Gasteiger partial charge < -0.3 is 5.73 Å². The first kappa shape index (κ1) is 13.6. The summed E-state index contributed by atoms with van der Waals surface area (Å²) in [6, 6.07) is 14.2. The molecule has 94 valence electrons. The molecule has 0 saturated heterocycles. The molecule has 0 aromatic heterocycles. The first-order valence-corrected chi connectivity index (χ1v) is 6.99. The van der Waals surface area contributed by atoms with Gasteiger partial charge in [-0.2, -0.15) is 0 Å². The molecule has 3 heteroatoms. The lowest BCUT2D eigenvalue weighted by atomic mass is 9.99. The van der Waals surface area contributed by atoms with Gasteiger partial charge in [-0.15, -0.1) is 0 Å². The molecule has 1 nitrogen and oxygen atoms in total. The second-order valence-electron chi connectivity index (χ2n) is 4.46. The molecule has 2 aromatic rings. The van der Waals surface area contributed by atoms with Crippen LogP contribution in [0.1, 0.15) is 22.7 Å². The van der Waals surface area contributed by atoms with Crippen molar-refractivity contribution in [3.63, 3.8) is 0 Å². The van der Waals surface area contributed by atoms with E-state index in [4.69, 9.17) is 17.3 Å². The second kappa shape index (κ2) is 5.87. The third-order valence-corrected chi connectivity index (χ3v) is 3.76. The van der Waals surface area contributed by atoms with Gasteiger partial charge in [0.1, 0.15) is 0 Å². The van der Waals surface area contributed by atoms with Crippen LogP contribution in [0.25, 0.3) is 0 Å². The van der Waals surface area contributed by atoms with E-state index < -0.39 is 0 Å². The molecule has 2 rings (SSSR count). The van der Waals surface area contributed by atoms with E-state index in [0.29, 0.717) is 5.02 Å². The summed E-state index contributed by atoms with van der Waals surface area (Å²) in [5.41, 5.74) is 9.69. The summed E-state index contributed by atoms with van der Waals surface area (Å²) < 4.78 is 0.971. The van der Waals surface area contributed by atoms with Crippen LogP contribution in [-0.2, 0) is 6.42 Å². The third-order valence-electron chi connectivity index (χ3n) is 2.94. The van der Waals surface area contributed by atoms with Crippen molar-refractivity contribution in [2.45, 2.75) is 19.4 Å². The van der Waals surface area contributed by atoms with Crippen molar-refractivity contribution in [2.75, 3.05) is 0 Å². The van der Waals surface area contributed by atoms with Crippen LogP contribution in [0.2, 0.25) is 5.02 Å². The second-order valence-corrected chi connectivity index (χ2v) is 5.78. The summed E-state index contributed by atoms with van der Waals surface area (Å²) in [6.07, 6.45) is 0.793. The van der Waals surface area contributed by atoms with Crippen molar-refractivity contribution in [1.29, 1.82) is 0 Å². The minimum atomic E-state index is -0.0756. The Labute approximate surface area is 121 Å². The molecule has 0 aliphatic rings. The number of halogens is 2. The Kier molecular flexibility index (Phi) is 4.44. The molecule has 0 aliphatic heterocycles. The molecule has 18 heavy (non-hydrogen) atoms. The number of hydrogen-bond donors (Lipinski definition) is 1. The van der Waals surface area contributed by atoms with Crippen molar-refractivity contribution < 1.29 is 0 Å². The number of aryl methyl sites for hydroxylation is 1. The Morgan fingerprint density at radius 1 is 1.17 bits per heavy atom. The largest absolute Gasteiger partial charge is 0.324 e. The van der Waals surface area contributed by atoms with Gasteiger partial charge in [0.05, 0.1) is 0 Å². The molecule has 2 N–H and O–H groups in total. The van der Waals surface area contributed by atoms with Crippen LogP contribution >= 0.6 is 27.5 Å². The average molecular weight is 325 g/mol. The van der Waals surface area contributed by atoms with E-state index in [2.05, 4.69) is 47.1 Å². The van der Waals surface area contributed by atoms with Crippen LogP contribution in [-0.4, -0.2) is 0 Å². The van der Waals surface area contributed by atoms with Gasteiger partial charge in [-0.25, -0.2) is 0 Å². The fourth-order valence-corrected chi connectivity index (χ4v) is 2.70. The lowest BCUT2D eigenvalue weighted by Gasteiger charge is -2.14. The first-order valence-electron chi connectivity index (χ1n) is 5.82. The zero-order valence-corrected chi connectivity index (χ0v) is 12.5. The van der Waals surface area contributed by atoms with E-state index in [9.17, 15) is 0 Å². The van der Waals surface area contributed by atoms with E-state index in [-0.39, 0.29) is 6.04 Å². The van der Waals surface area contributed by atoms with Gasteiger partial charge >= 0.3 is 0 Å². The molecule has 1 unspecified atom stereocenters. The zero-order chi connectivity index (χ0) is 13.1. The van der Waals surface area contributed by atoms with Crippen molar-refractivity contribution in [3.05, 3.63) is 68.7 Å². The van der Waals surface area contributed by atoms with Gasteiger partial charge in [-0.1, -0.05) is 63.4 Å². The van der Waals surface area contributed by atoms with E-state index in [1.54, 1.807) is 0 Å². The quantitative estimate of drug-likeness (QED) is 0.873. The maximum Gasteiger partial charge on any atom is 0.0465 e. The van der Waals surface area contributed by atoms with Crippen molar-refractivity contribution in [3.8, 4) is 0 Å². The maximum atomic E-state index is 6.22. The molecule has 0 spiro atoms. The van der Waals surface area contributed by atoms with Crippen LogP contribution in [0.3, 0.4) is 0 Å². The lowest BCUT2D eigenvalue weighted by Crippen LogP contribution is -2.13. The number of benzene rings is 2. The van der Waals surface area contributed by atoms with Gasteiger partial charge in [0, 0.05) is 15.5 Å². The summed E-state index contributed by atoms with van der Waals surface area (Å²) >= 11 is 9.60. The summed E-state index contributed by atoms with van der Waals surface area (Å²) in [6.45, 7) is 2.08. The van der Waals surface area contributed by atoms with Crippen molar-refractivity contribution in [1.82, 2.24) is 0 Å². The fourth-order valence-electron chi connectivity index (χ4n) is 1.89. The van der Waals surface area contributed by atoms with Gasteiger partial charge in [0.25, 0.3) is 0 Å². The Morgan fingerprint density at radius 3 is 2.44 bits per heavy atom. The fraction of sp³-hybridized carbons (Fsp3) is 0.200. The highest BCUT2D eigenvalue weighted by atomic mass is 79.9. The van der Waals surface area contributed by atoms with Gasteiger partial charge in [0.2, 0.25) is 0 Å². The minimum absolute atomic E-state index is 0.0756. The molecule has 0 radical (unpaired) electrons. The molecule has 0 saturated carbocycles. The van der Waals surface area contributed by atoms with E-state index in [0.717, 1.165) is 16.5 Å². The molecule has 0 amide bonds. The van der Waals surface area contributed by atoms with Gasteiger partial charge in [-0.05, 0) is 36.6 Å². The average Bonchev–Trinajstić information content (AvgIpc) is 2.32. The smallest absolute Gasteiger partial charge is 0.0465 e. The molecule has 0 heterocycles. The number of rotatable bonds is 3. The third kappa shape index (κ3) is 3.35. The van der Waals surface area contributed by atoms with Crippen LogP contribution in [0, 0.1) is 6.92 Å². The van der Waals surface area contributed by atoms with Crippen molar-refractivity contribution in [2.24, 2.45) is 5.73 Å². The van der Waals surface area contributed by atoms with Crippen molar-refractivity contribution >= 4 is 27.5 Å². The monoisotopic (exact) mass is 323 g/mol. The van der Waals surface area contributed by atoms with Crippen LogP contribution in [0.15, 0.2) is 46.9 Å². The summed E-state index contributed by atoms with van der Waals surface area (Å²) in [7, 11) is 0. The summed E-state index contributed by atoms with van der Waals surface area (Å²) in [4.78, 5) is 0. The van der Waals surface area contributed by atoms with Crippen LogP contribution in [0.4, 0.5) is 0 Å². The van der Waals surface area contributed by atoms with Gasteiger partial charge in [0.15, 0.2) is 0 Å². The topological polar surface area (TPSA) is 26.0 Å².